The van der Waals surface area contributed by atoms with E-state index >= 15 is 0 Å². The summed E-state index contributed by atoms with van der Waals surface area (Å²) in [7, 11) is 0. The Balaban J connectivity index is 1.77. The van der Waals surface area contributed by atoms with Gasteiger partial charge in [-0.1, -0.05) is 25.8 Å². The highest BCUT2D eigenvalue weighted by molar-refractivity contribution is 7.80. The Hall–Kier alpha value is -1.49. The number of rotatable bonds is 3. The first-order valence-electron chi connectivity index (χ1n) is 6.76. The molecule has 0 aromatic carbocycles. The number of hydrazone groups is 1. The van der Waals surface area contributed by atoms with Gasteiger partial charge in [0.05, 0.1) is 11.9 Å². The first kappa shape index (κ1) is 13.9. The van der Waals surface area contributed by atoms with E-state index in [4.69, 9.17) is 12.2 Å². The summed E-state index contributed by atoms with van der Waals surface area (Å²) in [5, 5.41) is 8.02. The summed E-state index contributed by atoms with van der Waals surface area (Å²) in [5.74, 6) is 0.674. The molecule has 19 heavy (non-hydrogen) atoms. The molecule has 1 aliphatic rings. The minimum Gasteiger partial charge on any atom is -0.358 e. The van der Waals surface area contributed by atoms with E-state index in [-0.39, 0.29) is 0 Å². The first-order chi connectivity index (χ1) is 9.25. The van der Waals surface area contributed by atoms with Crippen molar-refractivity contribution in [3.05, 3.63) is 30.1 Å². The van der Waals surface area contributed by atoms with Crippen LogP contribution in [0.2, 0.25) is 0 Å². The van der Waals surface area contributed by atoms with E-state index in [1.807, 2.05) is 18.2 Å². The third-order valence-electron chi connectivity index (χ3n) is 3.48. The minimum absolute atomic E-state index is 0.471. The van der Waals surface area contributed by atoms with Crippen molar-refractivity contribution in [2.45, 2.75) is 38.6 Å². The Bertz CT molecular complexity index is 432. The second kappa shape index (κ2) is 7.19. The molecule has 4 nitrogen and oxygen atoms in total. The number of hydrogen-bond donors (Lipinski definition) is 2. The summed E-state index contributed by atoms with van der Waals surface area (Å²) in [6.45, 7) is 2.27. The van der Waals surface area contributed by atoms with Gasteiger partial charge in [0.2, 0.25) is 0 Å². The Morgan fingerprint density at radius 1 is 1.42 bits per heavy atom. The molecule has 1 heterocycles. The lowest BCUT2D eigenvalue weighted by Gasteiger charge is -2.30. The van der Waals surface area contributed by atoms with Crippen LogP contribution in [0.3, 0.4) is 0 Å². The lowest BCUT2D eigenvalue weighted by molar-refractivity contribution is 0.308. The van der Waals surface area contributed by atoms with E-state index in [2.05, 4.69) is 27.8 Å². The van der Waals surface area contributed by atoms with Crippen molar-refractivity contribution in [3.63, 3.8) is 0 Å². The van der Waals surface area contributed by atoms with Crippen LogP contribution in [0.4, 0.5) is 0 Å². The van der Waals surface area contributed by atoms with Gasteiger partial charge < -0.3 is 5.32 Å². The van der Waals surface area contributed by atoms with Gasteiger partial charge in [-0.2, -0.15) is 5.10 Å². The normalized spacial score (nSPS) is 23.2. The summed E-state index contributed by atoms with van der Waals surface area (Å²) in [6.07, 6.45) is 8.48. The van der Waals surface area contributed by atoms with Crippen LogP contribution in [0, 0.1) is 5.92 Å². The number of thiocarbonyl (C=S) groups is 1. The van der Waals surface area contributed by atoms with Gasteiger partial charge in [-0.05, 0) is 43.1 Å². The predicted molar refractivity (Wildman–Crippen MR) is 82.1 cm³/mol. The van der Waals surface area contributed by atoms with E-state index < -0.39 is 0 Å². The number of hydrogen-bond acceptors (Lipinski definition) is 3. The van der Waals surface area contributed by atoms with E-state index in [0.29, 0.717) is 17.1 Å². The maximum Gasteiger partial charge on any atom is 0.187 e. The van der Waals surface area contributed by atoms with Crippen molar-refractivity contribution in [1.29, 1.82) is 0 Å². The van der Waals surface area contributed by atoms with Crippen LogP contribution in [-0.2, 0) is 0 Å². The van der Waals surface area contributed by atoms with Gasteiger partial charge in [-0.25, -0.2) is 0 Å². The summed E-state index contributed by atoms with van der Waals surface area (Å²) < 4.78 is 0. The molecule has 1 fully saturated rings. The number of nitrogens with one attached hydrogen (secondary N) is 2. The monoisotopic (exact) mass is 276 g/mol. The molecular weight excluding hydrogens is 256 g/mol. The zero-order chi connectivity index (χ0) is 13.5. The van der Waals surface area contributed by atoms with Crippen LogP contribution in [-0.4, -0.2) is 22.4 Å². The zero-order valence-electron chi connectivity index (χ0n) is 11.2. The lowest BCUT2D eigenvalue weighted by atomic mass is 9.86. The average molecular weight is 276 g/mol. The van der Waals surface area contributed by atoms with Gasteiger partial charge in [-0.15, -0.1) is 0 Å². The van der Waals surface area contributed by atoms with Crippen LogP contribution >= 0.6 is 12.2 Å². The van der Waals surface area contributed by atoms with E-state index in [1.54, 1.807) is 12.4 Å². The van der Waals surface area contributed by atoms with E-state index in [1.165, 1.54) is 25.7 Å². The van der Waals surface area contributed by atoms with Crippen LogP contribution in [0.15, 0.2) is 29.5 Å². The van der Waals surface area contributed by atoms with Crippen LogP contribution < -0.4 is 10.7 Å². The number of aromatic nitrogens is 1. The molecule has 0 amide bonds. The highest BCUT2D eigenvalue weighted by atomic mass is 32.1. The number of nitrogens with zero attached hydrogens (tertiary/aromatic N) is 2. The molecule has 102 valence electrons. The maximum absolute atomic E-state index is 5.25. The Morgan fingerprint density at radius 2 is 2.26 bits per heavy atom. The molecule has 1 aromatic heterocycles. The second-order valence-electron chi connectivity index (χ2n) is 4.97. The molecule has 0 radical (unpaired) electrons. The molecule has 5 heteroatoms. The quantitative estimate of drug-likeness (QED) is 0.506. The molecular formula is C14H20N4S. The Kier molecular flexibility index (Phi) is 5.27. The van der Waals surface area contributed by atoms with Crippen molar-refractivity contribution >= 4 is 23.5 Å². The molecule has 0 saturated heterocycles. The molecule has 0 bridgehead atoms. The van der Waals surface area contributed by atoms with Crippen molar-refractivity contribution < 1.29 is 0 Å². The summed E-state index contributed by atoms with van der Waals surface area (Å²) in [6, 6.07) is 6.17. The average Bonchev–Trinajstić information content (AvgIpc) is 2.43. The minimum atomic E-state index is 0.471. The topological polar surface area (TPSA) is 49.3 Å². The van der Waals surface area contributed by atoms with Gasteiger partial charge >= 0.3 is 0 Å². The SMILES string of the molecule is C[C@H]1CCCC[C@@H]1NC(=S)N/N=C\c1ccccn1. The summed E-state index contributed by atoms with van der Waals surface area (Å²) in [5.41, 5.74) is 3.66. The first-order valence-corrected chi connectivity index (χ1v) is 7.17. The smallest absolute Gasteiger partial charge is 0.187 e. The van der Waals surface area contributed by atoms with Crippen LogP contribution in [0.5, 0.6) is 0 Å². The molecule has 2 N–H and O–H groups in total. The Labute approximate surface area is 119 Å². The number of pyridine rings is 1. The molecule has 1 saturated carbocycles. The predicted octanol–water partition coefficient (Wildman–Crippen LogP) is 2.46. The van der Waals surface area contributed by atoms with Gasteiger partial charge in [0.1, 0.15) is 0 Å². The highest BCUT2D eigenvalue weighted by Gasteiger charge is 2.21. The third-order valence-corrected chi connectivity index (χ3v) is 3.69. The van der Waals surface area contributed by atoms with Gasteiger partial charge in [0.15, 0.2) is 5.11 Å². The largest absolute Gasteiger partial charge is 0.358 e. The van der Waals surface area contributed by atoms with Crippen molar-refractivity contribution in [1.82, 2.24) is 15.7 Å². The molecule has 2 atom stereocenters. The fourth-order valence-corrected chi connectivity index (χ4v) is 2.54. The molecule has 1 aliphatic carbocycles. The van der Waals surface area contributed by atoms with Gasteiger partial charge in [-0.3, -0.25) is 10.4 Å². The van der Waals surface area contributed by atoms with Crippen LogP contribution in [0.1, 0.15) is 38.3 Å². The third kappa shape index (κ3) is 4.59. The van der Waals surface area contributed by atoms with Crippen molar-refractivity contribution in [3.8, 4) is 0 Å². The van der Waals surface area contributed by atoms with Crippen molar-refractivity contribution in [2.24, 2.45) is 11.0 Å². The Morgan fingerprint density at radius 3 is 3.00 bits per heavy atom. The molecule has 1 aromatic rings. The van der Waals surface area contributed by atoms with E-state index in [0.717, 1.165) is 5.69 Å². The van der Waals surface area contributed by atoms with Crippen molar-refractivity contribution in [2.75, 3.05) is 0 Å². The molecule has 0 spiro atoms. The molecule has 0 aliphatic heterocycles. The second-order valence-corrected chi connectivity index (χ2v) is 5.37. The zero-order valence-corrected chi connectivity index (χ0v) is 12.0. The lowest BCUT2D eigenvalue weighted by Crippen LogP contribution is -2.44. The fourth-order valence-electron chi connectivity index (χ4n) is 2.34. The summed E-state index contributed by atoms with van der Waals surface area (Å²) in [4.78, 5) is 4.15. The fraction of sp³-hybridized carbons (Fsp3) is 0.500. The standard InChI is InChI=1S/C14H20N4S/c1-11-6-2-3-8-13(11)17-14(19)18-16-10-12-7-4-5-9-15-12/h4-5,7,9-11,13H,2-3,6,8H2,1H3,(H2,17,18,19)/b16-10-/t11-,13-/m0/s1. The summed E-state index contributed by atoms with van der Waals surface area (Å²) >= 11 is 5.25. The highest BCUT2D eigenvalue weighted by Crippen LogP contribution is 2.23. The maximum atomic E-state index is 5.25. The van der Waals surface area contributed by atoms with Gasteiger partial charge in [0.25, 0.3) is 0 Å². The van der Waals surface area contributed by atoms with Crippen LogP contribution in [0.25, 0.3) is 0 Å². The van der Waals surface area contributed by atoms with Gasteiger partial charge in [0, 0.05) is 12.2 Å². The molecule has 0 unspecified atom stereocenters. The van der Waals surface area contributed by atoms with E-state index in [9.17, 15) is 0 Å². The molecule has 2 rings (SSSR count).